The fraction of sp³-hybridized carbons (Fsp3) is 0.409. The van der Waals surface area contributed by atoms with Gasteiger partial charge in [-0.1, -0.05) is 12.1 Å². The van der Waals surface area contributed by atoms with E-state index < -0.39 is 10.0 Å². The van der Waals surface area contributed by atoms with Crippen LogP contribution >= 0.6 is 0 Å². The number of ether oxygens (including phenoxy) is 2. The Kier molecular flexibility index (Phi) is 6.99. The average molecular weight is 433 g/mol. The highest BCUT2D eigenvalue weighted by Crippen LogP contribution is 2.39. The molecule has 0 bridgehead atoms. The molecule has 1 amide bonds. The summed E-state index contributed by atoms with van der Waals surface area (Å²) in [7, 11) is 0.0350. The first-order valence-corrected chi connectivity index (χ1v) is 11.8. The Labute approximate surface area is 178 Å². The number of nitrogens with zero attached hydrogens (tertiary/aromatic N) is 1. The quantitative estimate of drug-likeness (QED) is 0.693. The van der Waals surface area contributed by atoms with E-state index in [4.69, 9.17) is 9.47 Å². The minimum absolute atomic E-state index is 0.0174. The van der Waals surface area contributed by atoms with Crippen LogP contribution in [0.2, 0.25) is 0 Å². The van der Waals surface area contributed by atoms with Gasteiger partial charge in [0.15, 0.2) is 0 Å². The number of hydrogen-bond acceptors (Lipinski definition) is 5. The maximum atomic E-state index is 13.2. The predicted octanol–water partition coefficient (Wildman–Crippen LogP) is 2.77. The summed E-state index contributed by atoms with van der Waals surface area (Å²) in [4.78, 5) is 15.1. The highest BCUT2D eigenvalue weighted by Gasteiger charge is 2.32. The normalized spacial score (nSPS) is 16.5. The van der Waals surface area contributed by atoms with Gasteiger partial charge in [-0.15, -0.1) is 0 Å². The molecule has 1 fully saturated rings. The van der Waals surface area contributed by atoms with Crippen LogP contribution in [-0.2, 0) is 16.4 Å². The predicted molar refractivity (Wildman–Crippen MR) is 116 cm³/mol. The molecule has 0 unspecified atom stereocenters. The van der Waals surface area contributed by atoms with Crippen molar-refractivity contribution < 1.29 is 22.7 Å². The largest absolute Gasteiger partial charge is 0.497 e. The van der Waals surface area contributed by atoms with Crippen LogP contribution in [0.5, 0.6) is 11.5 Å². The molecule has 0 aromatic heterocycles. The molecule has 1 aliphatic rings. The molecule has 1 heterocycles. The number of methoxy groups -OCH3 is 2. The van der Waals surface area contributed by atoms with Crippen molar-refractivity contribution in [3.63, 3.8) is 0 Å². The summed E-state index contributed by atoms with van der Waals surface area (Å²) in [6, 6.07) is 13.0. The zero-order valence-electron chi connectivity index (χ0n) is 17.6. The van der Waals surface area contributed by atoms with Gasteiger partial charge < -0.3 is 14.4 Å². The first-order valence-electron chi connectivity index (χ1n) is 9.89. The molecule has 162 valence electrons. The lowest BCUT2D eigenvalue weighted by atomic mass is 10.0. The van der Waals surface area contributed by atoms with Gasteiger partial charge in [-0.25, -0.2) is 13.1 Å². The Balaban J connectivity index is 1.73. The highest BCUT2D eigenvalue weighted by molar-refractivity contribution is 7.88. The Morgan fingerprint density at radius 3 is 2.50 bits per heavy atom. The standard InChI is InChI=1S/C22H28N2O5S/c1-28-18-10-11-19(21(15-18)29-2)20-5-4-14-24(20)22(25)17-8-6-16(7-9-17)12-13-23-30(3,26)27/h6-11,15,20,23H,4-5,12-14H2,1-3H3/t20-/m0/s1. The summed E-state index contributed by atoms with van der Waals surface area (Å²) in [5.74, 6) is 1.41. The first-order chi connectivity index (χ1) is 14.3. The summed E-state index contributed by atoms with van der Waals surface area (Å²) >= 11 is 0. The molecule has 0 spiro atoms. The van der Waals surface area contributed by atoms with Crippen molar-refractivity contribution in [3.8, 4) is 11.5 Å². The molecule has 1 N–H and O–H groups in total. The number of amides is 1. The summed E-state index contributed by atoms with van der Waals surface area (Å²) < 4.78 is 35.6. The second kappa shape index (κ2) is 9.49. The Morgan fingerprint density at radius 2 is 1.87 bits per heavy atom. The van der Waals surface area contributed by atoms with Crippen molar-refractivity contribution in [2.45, 2.75) is 25.3 Å². The van der Waals surface area contributed by atoms with Crippen LogP contribution < -0.4 is 14.2 Å². The van der Waals surface area contributed by atoms with Gasteiger partial charge in [-0.2, -0.15) is 0 Å². The topological polar surface area (TPSA) is 84.9 Å². The second-order valence-corrected chi connectivity index (χ2v) is 9.21. The molecule has 2 aromatic carbocycles. The molecular formula is C22H28N2O5S. The SMILES string of the molecule is COc1ccc([C@@H]2CCCN2C(=O)c2ccc(CCNS(C)(=O)=O)cc2)c(OC)c1. The zero-order valence-corrected chi connectivity index (χ0v) is 18.4. The van der Waals surface area contributed by atoms with E-state index in [1.807, 2.05) is 35.2 Å². The number of sulfonamides is 1. The van der Waals surface area contributed by atoms with E-state index in [1.54, 1.807) is 26.4 Å². The van der Waals surface area contributed by atoms with Gasteiger partial charge in [0.05, 0.1) is 26.5 Å². The van der Waals surface area contributed by atoms with Gasteiger partial charge in [-0.3, -0.25) is 4.79 Å². The summed E-state index contributed by atoms with van der Waals surface area (Å²) in [6.45, 7) is 1.02. The number of nitrogens with one attached hydrogen (secondary N) is 1. The van der Waals surface area contributed by atoms with Crippen LogP contribution in [0.1, 0.15) is 40.4 Å². The van der Waals surface area contributed by atoms with Gasteiger partial charge in [0, 0.05) is 30.3 Å². The third kappa shape index (κ3) is 5.31. The zero-order chi connectivity index (χ0) is 21.7. The van der Waals surface area contributed by atoms with Crippen molar-refractivity contribution in [1.82, 2.24) is 9.62 Å². The number of hydrogen-bond donors (Lipinski definition) is 1. The molecule has 3 rings (SSSR count). The maximum absolute atomic E-state index is 13.2. The lowest BCUT2D eigenvalue weighted by Crippen LogP contribution is -2.30. The molecule has 1 aliphatic heterocycles. The number of likely N-dealkylation sites (tertiary alicyclic amines) is 1. The monoisotopic (exact) mass is 432 g/mol. The van der Waals surface area contributed by atoms with Crippen molar-refractivity contribution in [1.29, 1.82) is 0 Å². The highest BCUT2D eigenvalue weighted by atomic mass is 32.2. The molecule has 0 radical (unpaired) electrons. The smallest absolute Gasteiger partial charge is 0.254 e. The maximum Gasteiger partial charge on any atom is 0.254 e. The fourth-order valence-corrected chi connectivity index (χ4v) is 4.26. The average Bonchev–Trinajstić information content (AvgIpc) is 3.22. The minimum Gasteiger partial charge on any atom is -0.497 e. The van der Waals surface area contributed by atoms with Crippen LogP contribution in [0.15, 0.2) is 42.5 Å². The van der Waals surface area contributed by atoms with Crippen molar-refractivity contribution >= 4 is 15.9 Å². The van der Waals surface area contributed by atoms with Crippen molar-refractivity contribution in [3.05, 3.63) is 59.2 Å². The molecule has 7 nitrogen and oxygen atoms in total. The van der Waals surface area contributed by atoms with E-state index in [0.717, 1.165) is 30.2 Å². The number of rotatable bonds is 8. The van der Waals surface area contributed by atoms with E-state index >= 15 is 0 Å². The molecule has 0 aliphatic carbocycles. The van der Waals surface area contributed by atoms with Crippen molar-refractivity contribution in [2.24, 2.45) is 0 Å². The Morgan fingerprint density at radius 1 is 1.13 bits per heavy atom. The molecule has 1 saturated heterocycles. The van der Waals surface area contributed by atoms with E-state index in [9.17, 15) is 13.2 Å². The molecule has 8 heteroatoms. The number of benzene rings is 2. The number of carbonyl (C=O) groups is 1. The van der Waals surface area contributed by atoms with Crippen molar-refractivity contribution in [2.75, 3.05) is 33.6 Å². The molecule has 0 saturated carbocycles. The summed E-state index contributed by atoms with van der Waals surface area (Å²) in [5.41, 5.74) is 2.57. The van der Waals surface area contributed by atoms with Gasteiger partial charge in [0.1, 0.15) is 11.5 Å². The Hall–Kier alpha value is -2.58. The Bertz CT molecular complexity index is 989. The van der Waals surface area contributed by atoms with E-state index in [1.165, 1.54) is 0 Å². The molecule has 1 atom stereocenters. The fourth-order valence-electron chi connectivity index (χ4n) is 3.79. The number of carbonyl (C=O) groups excluding carboxylic acids is 1. The van der Waals surface area contributed by atoms with E-state index in [-0.39, 0.29) is 11.9 Å². The lowest BCUT2D eigenvalue weighted by molar-refractivity contribution is 0.0734. The second-order valence-electron chi connectivity index (χ2n) is 7.38. The van der Waals surface area contributed by atoms with Crippen LogP contribution in [-0.4, -0.2) is 52.8 Å². The third-order valence-electron chi connectivity index (χ3n) is 5.29. The van der Waals surface area contributed by atoms with Crippen LogP contribution in [0.25, 0.3) is 0 Å². The van der Waals surface area contributed by atoms with Crippen LogP contribution in [0.3, 0.4) is 0 Å². The molecule has 2 aromatic rings. The van der Waals surface area contributed by atoms with E-state index in [0.29, 0.717) is 36.6 Å². The van der Waals surface area contributed by atoms with Crippen LogP contribution in [0, 0.1) is 0 Å². The summed E-state index contributed by atoms with van der Waals surface area (Å²) in [5, 5.41) is 0. The van der Waals surface area contributed by atoms with Gasteiger partial charge in [0.2, 0.25) is 10.0 Å². The molecular weight excluding hydrogens is 404 g/mol. The first kappa shape index (κ1) is 22.1. The van der Waals surface area contributed by atoms with Gasteiger partial charge in [-0.05, 0) is 49.1 Å². The third-order valence-corrected chi connectivity index (χ3v) is 6.02. The minimum atomic E-state index is -3.20. The van der Waals surface area contributed by atoms with Gasteiger partial charge in [0.25, 0.3) is 5.91 Å². The van der Waals surface area contributed by atoms with Crippen LogP contribution in [0.4, 0.5) is 0 Å². The lowest BCUT2D eigenvalue weighted by Gasteiger charge is -2.26. The molecule has 30 heavy (non-hydrogen) atoms. The van der Waals surface area contributed by atoms with E-state index in [2.05, 4.69) is 4.72 Å². The summed E-state index contributed by atoms with van der Waals surface area (Å²) in [6.07, 6.45) is 3.51. The van der Waals surface area contributed by atoms with Gasteiger partial charge >= 0.3 is 0 Å².